The lowest BCUT2D eigenvalue weighted by molar-refractivity contribution is 0.289. The molecule has 1 aromatic carbocycles. The predicted molar refractivity (Wildman–Crippen MR) is 76.4 cm³/mol. The van der Waals surface area contributed by atoms with Crippen LogP contribution in [0.5, 0.6) is 5.75 Å². The molecule has 0 bridgehead atoms. The molecular weight excluding hydrogens is 238 g/mol. The van der Waals surface area contributed by atoms with Gasteiger partial charge in [-0.1, -0.05) is 12.1 Å². The van der Waals surface area contributed by atoms with Crippen LogP contribution in [-0.4, -0.2) is 22.9 Å². The minimum atomic E-state index is 0.623. The van der Waals surface area contributed by atoms with Crippen molar-refractivity contribution in [2.75, 3.05) is 13.2 Å². The maximum absolute atomic E-state index is 5.72. The molecule has 0 radical (unpaired) electrons. The van der Waals surface area contributed by atoms with Crippen molar-refractivity contribution in [3.8, 4) is 5.75 Å². The van der Waals surface area contributed by atoms with Gasteiger partial charge in [-0.25, -0.2) is 0 Å². The molecule has 19 heavy (non-hydrogen) atoms. The number of nitrogens with two attached hydrogens (primary N) is 1. The molecule has 0 aliphatic rings. The highest BCUT2D eigenvalue weighted by atomic mass is 16.5. The SMILES string of the molecule is Cc1cc(C)n(CCOc2ccc(CCN)cc2)n1. The zero-order valence-corrected chi connectivity index (χ0v) is 11.6. The molecule has 4 nitrogen and oxygen atoms in total. The van der Waals surface area contributed by atoms with Gasteiger partial charge in [0.15, 0.2) is 0 Å². The van der Waals surface area contributed by atoms with Gasteiger partial charge in [0.05, 0.1) is 12.2 Å². The van der Waals surface area contributed by atoms with Crippen LogP contribution >= 0.6 is 0 Å². The van der Waals surface area contributed by atoms with Gasteiger partial charge in [-0.2, -0.15) is 5.10 Å². The summed E-state index contributed by atoms with van der Waals surface area (Å²) in [4.78, 5) is 0. The Morgan fingerprint density at radius 2 is 1.95 bits per heavy atom. The molecule has 0 amide bonds. The number of benzene rings is 1. The smallest absolute Gasteiger partial charge is 0.119 e. The first kappa shape index (κ1) is 13.6. The Morgan fingerprint density at radius 3 is 2.53 bits per heavy atom. The van der Waals surface area contributed by atoms with Crippen LogP contribution in [0.1, 0.15) is 17.0 Å². The molecule has 102 valence electrons. The highest BCUT2D eigenvalue weighted by molar-refractivity contribution is 5.27. The predicted octanol–water partition coefficient (Wildman–Crippen LogP) is 2.08. The lowest BCUT2D eigenvalue weighted by Crippen LogP contribution is -2.11. The maximum Gasteiger partial charge on any atom is 0.119 e. The first-order valence-electron chi connectivity index (χ1n) is 6.62. The molecule has 0 saturated heterocycles. The molecule has 4 heteroatoms. The van der Waals surface area contributed by atoms with Crippen LogP contribution in [-0.2, 0) is 13.0 Å². The van der Waals surface area contributed by atoms with Crippen LogP contribution in [0.3, 0.4) is 0 Å². The van der Waals surface area contributed by atoms with Crippen molar-refractivity contribution < 1.29 is 4.74 Å². The molecule has 0 atom stereocenters. The Hall–Kier alpha value is -1.81. The minimum absolute atomic E-state index is 0.623. The van der Waals surface area contributed by atoms with E-state index in [1.54, 1.807) is 0 Å². The van der Waals surface area contributed by atoms with E-state index in [9.17, 15) is 0 Å². The van der Waals surface area contributed by atoms with Gasteiger partial charge in [0, 0.05) is 5.69 Å². The Kier molecular flexibility index (Phi) is 4.58. The molecule has 1 aromatic heterocycles. The van der Waals surface area contributed by atoms with E-state index >= 15 is 0 Å². The second kappa shape index (κ2) is 6.38. The Bertz CT molecular complexity index is 517. The summed E-state index contributed by atoms with van der Waals surface area (Å²) in [7, 11) is 0. The van der Waals surface area contributed by atoms with Gasteiger partial charge in [0.1, 0.15) is 12.4 Å². The molecule has 0 aliphatic carbocycles. The summed E-state index contributed by atoms with van der Waals surface area (Å²) in [6, 6.07) is 10.2. The summed E-state index contributed by atoms with van der Waals surface area (Å²) in [6.45, 7) is 6.13. The van der Waals surface area contributed by atoms with E-state index in [1.165, 1.54) is 11.3 Å². The first-order chi connectivity index (χ1) is 9.19. The lowest BCUT2D eigenvalue weighted by atomic mass is 10.1. The number of ether oxygens (including phenoxy) is 1. The summed E-state index contributed by atoms with van der Waals surface area (Å²) < 4.78 is 7.69. The van der Waals surface area contributed by atoms with Crippen molar-refractivity contribution in [1.82, 2.24) is 9.78 Å². The Labute approximate surface area is 114 Å². The monoisotopic (exact) mass is 259 g/mol. The fourth-order valence-corrected chi connectivity index (χ4v) is 2.07. The summed E-state index contributed by atoms with van der Waals surface area (Å²) in [5, 5.41) is 4.40. The van der Waals surface area contributed by atoms with Crippen molar-refractivity contribution in [3.05, 3.63) is 47.3 Å². The van der Waals surface area contributed by atoms with E-state index in [0.29, 0.717) is 13.2 Å². The molecular formula is C15H21N3O. The largest absolute Gasteiger partial charge is 0.492 e. The Balaban J connectivity index is 1.83. The van der Waals surface area contributed by atoms with Crippen LogP contribution in [0.25, 0.3) is 0 Å². The van der Waals surface area contributed by atoms with Gasteiger partial charge >= 0.3 is 0 Å². The molecule has 1 heterocycles. The number of nitrogens with zero attached hydrogens (tertiary/aromatic N) is 2. The van der Waals surface area contributed by atoms with Crippen molar-refractivity contribution >= 4 is 0 Å². The summed E-state index contributed by atoms with van der Waals surface area (Å²) in [5.74, 6) is 0.891. The third kappa shape index (κ3) is 3.83. The molecule has 2 aromatic rings. The van der Waals surface area contributed by atoms with Crippen LogP contribution in [0.15, 0.2) is 30.3 Å². The normalized spacial score (nSPS) is 10.7. The summed E-state index contributed by atoms with van der Waals surface area (Å²) in [6.07, 6.45) is 0.909. The second-order valence-corrected chi connectivity index (χ2v) is 4.68. The molecule has 2 N–H and O–H groups in total. The summed E-state index contributed by atoms with van der Waals surface area (Å²) in [5.41, 5.74) is 8.97. The van der Waals surface area contributed by atoms with Crippen LogP contribution in [0.4, 0.5) is 0 Å². The lowest BCUT2D eigenvalue weighted by Gasteiger charge is -2.08. The third-order valence-electron chi connectivity index (χ3n) is 3.03. The van der Waals surface area contributed by atoms with Gasteiger partial charge in [0.25, 0.3) is 0 Å². The second-order valence-electron chi connectivity index (χ2n) is 4.68. The average molecular weight is 259 g/mol. The van der Waals surface area contributed by atoms with E-state index < -0.39 is 0 Å². The van der Waals surface area contributed by atoms with Crippen molar-refractivity contribution in [2.45, 2.75) is 26.8 Å². The highest BCUT2D eigenvalue weighted by Gasteiger charge is 2.01. The Morgan fingerprint density at radius 1 is 1.21 bits per heavy atom. The molecule has 0 spiro atoms. The van der Waals surface area contributed by atoms with Crippen LogP contribution < -0.4 is 10.5 Å². The topological polar surface area (TPSA) is 53.1 Å². The fraction of sp³-hybridized carbons (Fsp3) is 0.400. The van der Waals surface area contributed by atoms with E-state index in [-0.39, 0.29) is 0 Å². The standard InChI is InChI=1S/C15H21N3O/c1-12-11-13(2)18(17-12)9-10-19-15-5-3-14(4-6-15)7-8-16/h3-6,11H,7-10,16H2,1-2H3. The van der Waals surface area contributed by atoms with Crippen LogP contribution in [0, 0.1) is 13.8 Å². The number of hydrogen-bond donors (Lipinski definition) is 1. The van der Waals surface area contributed by atoms with E-state index in [2.05, 4.69) is 30.2 Å². The molecule has 0 unspecified atom stereocenters. The molecule has 0 aliphatic heterocycles. The van der Waals surface area contributed by atoms with Crippen molar-refractivity contribution in [2.24, 2.45) is 5.73 Å². The van der Waals surface area contributed by atoms with E-state index in [1.807, 2.05) is 23.7 Å². The molecule has 0 saturated carbocycles. The maximum atomic E-state index is 5.72. The first-order valence-corrected chi connectivity index (χ1v) is 6.62. The minimum Gasteiger partial charge on any atom is -0.492 e. The zero-order valence-electron chi connectivity index (χ0n) is 11.6. The van der Waals surface area contributed by atoms with Crippen LogP contribution in [0.2, 0.25) is 0 Å². The third-order valence-corrected chi connectivity index (χ3v) is 3.03. The van der Waals surface area contributed by atoms with Gasteiger partial charge in [-0.15, -0.1) is 0 Å². The summed E-state index contributed by atoms with van der Waals surface area (Å²) >= 11 is 0. The quantitative estimate of drug-likeness (QED) is 0.864. The fourth-order valence-electron chi connectivity index (χ4n) is 2.07. The number of hydrogen-bond acceptors (Lipinski definition) is 3. The number of aryl methyl sites for hydroxylation is 2. The van der Waals surface area contributed by atoms with E-state index in [0.717, 1.165) is 24.4 Å². The zero-order chi connectivity index (χ0) is 13.7. The average Bonchev–Trinajstić information content (AvgIpc) is 2.71. The van der Waals surface area contributed by atoms with Crippen molar-refractivity contribution in [3.63, 3.8) is 0 Å². The highest BCUT2D eigenvalue weighted by Crippen LogP contribution is 2.12. The van der Waals surface area contributed by atoms with E-state index in [4.69, 9.17) is 10.5 Å². The molecule has 0 fully saturated rings. The van der Waals surface area contributed by atoms with Crippen molar-refractivity contribution in [1.29, 1.82) is 0 Å². The number of rotatable bonds is 6. The van der Waals surface area contributed by atoms with Gasteiger partial charge in [0.2, 0.25) is 0 Å². The van der Waals surface area contributed by atoms with Gasteiger partial charge < -0.3 is 10.5 Å². The van der Waals surface area contributed by atoms with Gasteiger partial charge in [-0.3, -0.25) is 4.68 Å². The molecule has 2 rings (SSSR count). The van der Waals surface area contributed by atoms with Gasteiger partial charge in [-0.05, 0) is 50.6 Å². The number of aromatic nitrogens is 2.